The SMILES string of the molecule is CNCC1CCC(C)(C)CC1c1ccc(Cl)c(Cl)c1. The van der Waals surface area contributed by atoms with Crippen molar-refractivity contribution < 1.29 is 0 Å². The summed E-state index contributed by atoms with van der Waals surface area (Å²) < 4.78 is 0. The van der Waals surface area contributed by atoms with Gasteiger partial charge < -0.3 is 5.32 Å². The fourth-order valence-corrected chi connectivity index (χ4v) is 3.59. The molecule has 0 bridgehead atoms. The van der Waals surface area contributed by atoms with Crippen LogP contribution in [-0.2, 0) is 0 Å². The zero-order valence-corrected chi connectivity index (χ0v) is 13.5. The number of hydrogen-bond acceptors (Lipinski definition) is 1. The maximum Gasteiger partial charge on any atom is 0.0595 e. The molecule has 1 aromatic rings. The van der Waals surface area contributed by atoms with Crippen molar-refractivity contribution in [2.24, 2.45) is 11.3 Å². The summed E-state index contributed by atoms with van der Waals surface area (Å²) in [5.74, 6) is 1.27. The Kier molecular flexibility index (Phi) is 4.81. The molecule has 0 amide bonds. The molecule has 0 spiro atoms. The van der Waals surface area contributed by atoms with Gasteiger partial charge in [-0.15, -0.1) is 0 Å². The molecule has 0 radical (unpaired) electrons. The van der Waals surface area contributed by atoms with Crippen molar-refractivity contribution in [3.05, 3.63) is 33.8 Å². The second kappa shape index (κ2) is 6.03. The molecule has 2 unspecified atom stereocenters. The minimum absolute atomic E-state index is 0.418. The van der Waals surface area contributed by atoms with Gasteiger partial charge >= 0.3 is 0 Å². The second-order valence-electron chi connectivity index (χ2n) is 6.50. The predicted octanol–water partition coefficient (Wildman–Crippen LogP) is 5.12. The fourth-order valence-electron chi connectivity index (χ4n) is 3.28. The summed E-state index contributed by atoms with van der Waals surface area (Å²) in [7, 11) is 2.03. The summed E-state index contributed by atoms with van der Waals surface area (Å²) in [5.41, 5.74) is 1.75. The van der Waals surface area contributed by atoms with Crippen molar-refractivity contribution in [3.63, 3.8) is 0 Å². The van der Waals surface area contributed by atoms with E-state index in [4.69, 9.17) is 23.2 Å². The van der Waals surface area contributed by atoms with E-state index in [1.165, 1.54) is 24.8 Å². The van der Waals surface area contributed by atoms with E-state index in [9.17, 15) is 0 Å². The lowest BCUT2D eigenvalue weighted by Crippen LogP contribution is -2.33. The first-order valence-corrected chi connectivity index (χ1v) is 7.78. The van der Waals surface area contributed by atoms with Crippen LogP contribution in [0.2, 0.25) is 10.0 Å². The zero-order chi connectivity index (χ0) is 14.0. The van der Waals surface area contributed by atoms with Crippen LogP contribution in [0.15, 0.2) is 18.2 Å². The molecule has 1 N–H and O–H groups in total. The summed E-state index contributed by atoms with van der Waals surface area (Å²) in [6, 6.07) is 6.12. The van der Waals surface area contributed by atoms with Gasteiger partial charge in [-0.25, -0.2) is 0 Å². The maximum atomic E-state index is 6.18. The van der Waals surface area contributed by atoms with Crippen molar-refractivity contribution in [3.8, 4) is 0 Å². The highest BCUT2D eigenvalue weighted by Gasteiger charge is 2.35. The molecule has 1 saturated carbocycles. The normalized spacial score (nSPS) is 26.4. The Morgan fingerprint density at radius 1 is 1.26 bits per heavy atom. The van der Waals surface area contributed by atoms with E-state index in [0.29, 0.717) is 27.3 Å². The van der Waals surface area contributed by atoms with Gasteiger partial charge in [-0.3, -0.25) is 0 Å². The standard InChI is InChI=1S/C16H23Cl2N/c1-16(2)7-6-12(10-19-3)13(9-16)11-4-5-14(17)15(18)8-11/h4-5,8,12-13,19H,6-7,9-10H2,1-3H3. The number of halogens is 2. The lowest BCUT2D eigenvalue weighted by atomic mass is 9.65. The van der Waals surface area contributed by atoms with Crippen molar-refractivity contribution in [1.82, 2.24) is 5.32 Å². The van der Waals surface area contributed by atoms with Gasteiger partial charge in [-0.1, -0.05) is 43.1 Å². The highest BCUT2D eigenvalue weighted by atomic mass is 35.5. The van der Waals surface area contributed by atoms with E-state index in [0.717, 1.165) is 6.54 Å². The molecule has 0 aromatic heterocycles. The topological polar surface area (TPSA) is 12.0 Å². The molecule has 2 atom stereocenters. The van der Waals surface area contributed by atoms with Gasteiger partial charge in [0.05, 0.1) is 10.0 Å². The maximum absolute atomic E-state index is 6.18. The Balaban J connectivity index is 2.27. The van der Waals surface area contributed by atoms with E-state index >= 15 is 0 Å². The summed E-state index contributed by atoms with van der Waals surface area (Å²) in [5, 5.41) is 4.65. The Bertz CT molecular complexity index is 442. The Labute approximate surface area is 126 Å². The van der Waals surface area contributed by atoms with E-state index < -0.39 is 0 Å². The first kappa shape index (κ1) is 15.2. The van der Waals surface area contributed by atoms with Crippen LogP contribution in [0.3, 0.4) is 0 Å². The minimum Gasteiger partial charge on any atom is -0.319 e. The average molecular weight is 300 g/mol. The molecule has 3 heteroatoms. The van der Waals surface area contributed by atoms with E-state index in [2.05, 4.69) is 31.3 Å². The summed E-state index contributed by atoms with van der Waals surface area (Å²) >= 11 is 12.2. The van der Waals surface area contributed by atoms with Crippen LogP contribution < -0.4 is 5.32 Å². The third-order valence-corrected chi connectivity index (χ3v) is 5.11. The number of nitrogens with one attached hydrogen (secondary N) is 1. The quantitative estimate of drug-likeness (QED) is 0.816. The zero-order valence-electron chi connectivity index (χ0n) is 12.0. The van der Waals surface area contributed by atoms with E-state index in [1.807, 2.05) is 13.1 Å². The van der Waals surface area contributed by atoms with Gasteiger partial charge in [0, 0.05) is 0 Å². The summed E-state index contributed by atoms with van der Waals surface area (Å²) in [6.45, 7) is 5.81. The van der Waals surface area contributed by atoms with Crippen LogP contribution in [0.1, 0.15) is 44.6 Å². The molecule has 1 aliphatic carbocycles. The van der Waals surface area contributed by atoms with Crippen molar-refractivity contribution in [1.29, 1.82) is 0 Å². The number of hydrogen-bond donors (Lipinski definition) is 1. The predicted molar refractivity (Wildman–Crippen MR) is 84.3 cm³/mol. The van der Waals surface area contributed by atoms with Crippen molar-refractivity contribution in [2.75, 3.05) is 13.6 Å². The average Bonchev–Trinajstić information content (AvgIpc) is 2.35. The largest absolute Gasteiger partial charge is 0.319 e. The van der Waals surface area contributed by atoms with E-state index in [-0.39, 0.29) is 0 Å². The van der Waals surface area contributed by atoms with Crippen LogP contribution in [-0.4, -0.2) is 13.6 Å². The molecule has 0 heterocycles. The van der Waals surface area contributed by atoms with Gasteiger partial charge in [0.15, 0.2) is 0 Å². The molecule has 1 aliphatic rings. The van der Waals surface area contributed by atoms with Crippen LogP contribution in [0.4, 0.5) is 0 Å². The first-order valence-electron chi connectivity index (χ1n) is 7.02. The molecule has 0 aliphatic heterocycles. The second-order valence-corrected chi connectivity index (χ2v) is 7.32. The smallest absolute Gasteiger partial charge is 0.0595 e. The molecule has 0 saturated heterocycles. The van der Waals surface area contributed by atoms with Gasteiger partial charge in [0.1, 0.15) is 0 Å². The van der Waals surface area contributed by atoms with Crippen LogP contribution in [0, 0.1) is 11.3 Å². The van der Waals surface area contributed by atoms with Crippen molar-refractivity contribution in [2.45, 2.75) is 39.0 Å². The van der Waals surface area contributed by atoms with E-state index in [1.54, 1.807) is 0 Å². The van der Waals surface area contributed by atoms with Crippen LogP contribution >= 0.6 is 23.2 Å². The molecule has 1 aromatic carbocycles. The Morgan fingerprint density at radius 2 is 2.00 bits per heavy atom. The third kappa shape index (κ3) is 3.65. The molecular weight excluding hydrogens is 277 g/mol. The lowest BCUT2D eigenvalue weighted by Gasteiger charge is -2.41. The molecule has 2 rings (SSSR count). The monoisotopic (exact) mass is 299 g/mol. The van der Waals surface area contributed by atoms with Crippen molar-refractivity contribution >= 4 is 23.2 Å². The summed E-state index contributed by atoms with van der Waals surface area (Å²) in [4.78, 5) is 0. The number of benzene rings is 1. The van der Waals surface area contributed by atoms with Gasteiger partial charge in [0.25, 0.3) is 0 Å². The number of rotatable bonds is 3. The Hall–Kier alpha value is -0.240. The van der Waals surface area contributed by atoms with Gasteiger partial charge in [0.2, 0.25) is 0 Å². The molecular formula is C16H23Cl2N. The molecule has 106 valence electrons. The van der Waals surface area contributed by atoms with Crippen LogP contribution in [0.5, 0.6) is 0 Å². The third-order valence-electron chi connectivity index (χ3n) is 4.37. The first-order chi connectivity index (χ1) is 8.93. The molecule has 19 heavy (non-hydrogen) atoms. The molecule has 1 fully saturated rings. The van der Waals surface area contributed by atoms with Crippen LogP contribution in [0.25, 0.3) is 0 Å². The summed E-state index contributed by atoms with van der Waals surface area (Å²) in [6.07, 6.45) is 3.80. The highest BCUT2D eigenvalue weighted by Crippen LogP contribution is 2.47. The van der Waals surface area contributed by atoms with Gasteiger partial charge in [-0.05, 0) is 67.8 Å². The lowest BCUT2D eigenvalue weighted by molar-refractivity contribution is 0.161. The molecule has 1 nitrogen and oxygen atoms in total. The Morgan fingerprint density at radius 3 is 2.63 bits per heavy atom. The minimum atomic E-state index is 0.418. The van der Waals surface area contributed by atoms with Gasteiger partial charge in [-0.2, -0.15) is 0 Å². The highest BCUT2D eigenvalue weighted by molar-refractivity contribution is 6.42. The fraction of sp³-hybridized carbons (Fsp3) is 0.625.